The van der Waals surface area contributed by atoms with E-state index in [4.69, 9.17) is 27.9 Å². The number of hydrogen-bond acceptors (Lipinski definition) is 6. The van der Waals surface area contributed by atoms with E-state index in [1.807, 2.05) is 30.3 Å². The molecule has 9 heteroatoms. The van der Waals surface area contributed by atoms with Crippen LogP contribution in [0.2, 0.25) is 10.3 Å². The summed E-state index contributed by atoms with van der Waals surface area (Å²) in [7, 11) is 0. The molecular formula is C24H24Cl2N4O3. The first-order valence-corrected chi connectivity index (χ1v) is 11.5. The van der Waals surface area contributed by atoms with Crippen LogP contribution in [0.1, 0.15) is 23.2 Å². The van der Waals surface area contributed by atoms with Crippen molar-refractivity contribution in [2.45, 2.75) is 18.9 Å². The molecule has 1 saturated heterocycles. The van der Waals surface area contributed by atoms with Gasteiger partial charge in [0.1, 0.15) is 33.7 Å². The van der Waals surface area contributed by atoms with E-state index in [-0.39, 0.29) is 28.3 Å². The number of benzene rings is 2. The van der Waals surface area contributed by atoms with Crippen molar-refractivity contribution in [2.24, 2.45) is 5.92 Å². The Morgan fingerprint density at radius 2 is 1.76 bits per heavy atom. The molecule has 1 amide bonds. The van der Waals surface area contributed by atoms with Crippen molar-refractivity contribution in [3.8, 4) is 11.5 Å². The number of ether oxygens (including phenoxy) is 1. The van der Waals surface area contributed by atoms with Crippen molar-refractivity contribution >= 4 is 34.8 Å². The average molecular weight is 487 g/mol. The van der Waals surface area contributed by atoms with Gasteiger partial charge < -0.3 is 20.1 Å². The predicted octanol–water partition coefficient (Wildman–Crippen LogP) is 4.58. The number of aliphatic hydroxyl groups is 1. The molecule has 2 atom stereocenters. The van der Waals surface area contributed by atoms with Crippen LogP contribution in [-0.4, -0.2) is 46.7 Å². The van der Waals surface area contributed by atoms with Gasteiger partial charge in [0, 0.05) is 12.2 Å². The standard InChI is InChI=1S/C24H24Cl2N4O3/c25-22-21(23(26)29-15-28-22)24(32)30(14-20(31)16-5-4-12-27-13-16)17-8-10-19(11-9-17)33-18-6-2-1-3-7-18/h1-3,6-11,15-16,20,27,31H,4-5,12-14H2. The summed E-state index contributed by atoms with van der Waals surface area (Å²) >= 11 is 12.4. The van der Waals surface area contributed by atoms with Crippen LogP contribution in [0, 0.1) is 5.92 Å². The minimum Gasteiger partial charge on any atom is -0.457 e. The molecule has 0 bridgehead atoms. The monoisotopic (exact) mass is 486 g/mol. The van der Waals surface area contributed by atoms with Gasteiger partial charge in [-0.3, -0.25) is 4.79 Å². The fraction of sp³-hybridized carbons (Fsp3) is 0.292. The average Bonchev–Trinajstić information content (AvgIpc) is 2.84. The third-order valence-corrected chi connectivity index (χ3v) is 6.16. The van der Waals surface area contributed by atoms with Crippen molar-refractivity contribution in [3.05, 3.63) is 76.8 Å². The number of hydrogen-bond donors (Lipinski definition) is 2. The highest BCUT2D eigenvalue weighted by atomic mass is 35.5. The summed E-state index contributed by atoms with van der Waals surface area (Å²) in [6.45, 7) is 1.70. The number of amides is 1. The molecule has 2 aromatic carbocycles. The Labute approximate surface area is 202 Å². The largest absolute Gasteiger partial charge is 0.457 e. The molecule has 1 aromatic heterocycles. The normalized spacial score (nSPS) is 16.8. The molecule has 7 nitrogen and oxygen atoms in total. The van der Waals surface area contributed by atoms with Crippen molar-refractivity contribution in [1.29, 1.82) is 0 Å². The van der Waals surface area contributed by atoms with Crippen LogP contribution in [0.25, 0.3) is 0 Å². The zero-order chi connectivity index (χ0) is 23.2. The molecular weight excluding hydrogens is 463 g/mol. The van der Waals surface area contributed by atoms with E-state index in [0.29, 0.717) is 23.7 Å². The molecule has 33 heavy (non-hydrogen) atoms. The highest BCUT2D eigenvalue weighted by molar-refractivity contribution is 6.39. The topological polar surface area (TPSA) is 87.6 Å². The van der Waals surface area contributed by atoms with Gasteiger partial charge in [0.15, 0.2) is 0 Å². The molecule has 2 heterocycles. The number of carbonyl (C=O) groups excluding carboxylic acids is 1. The lowest BCUT2D eigenvalue weighted by atomic mass is 9.93. The Morgan fingerprint density at radius 3 is 2.39 bits per heavy atom. The van der Waals surface area contributed by atoms with Gasteiger partial charge in [0.25, 0.3) is 5.91 Å². The Hall–Kier alpha value is -2.71. The second kappa shape index (κ2) is 10.9. The Bertz CT molecular complexity index is 1060. The van der Waals surface area contributed by atoms with Crippen LogP contribution >= 0.6 is 23.2 Å². The number of nitrogens with zero attached hydrogens (tertiary/aromatic N) is 3. The lowest BCUT2D eigenvalue weighted by Gasteiger charge is -2.32. The SMILES string of the molecule is O=C(c1c(Cl)ncnc1Cl)N(CC(O)C1CCCNC1)c1ccc(Oc2ccccc2)cc1. The van der Waals surface area contributed by atoms with E-state index >= 15 is 0 Å². The number of carbonyl (C=O) groups is 1. The second-order valence-corrected chi connectivity index (χ2v) is 8.54. The molecule has 0 saturated carbocycles. The molecule has 0 spiro atoms. The molecule has 2 N–H and O–H groups in total. The van der Waals surface area contributed by atoms with Crippen LogP contribution in [0.15, 0.2) is 60.9 Å². The van der Waals surface area contributed by atoms with E-state index in [0.717, 1.165) is 19.4 Å². The second-order valence-electron chi connectivity index (χ2n) is 7.83. The maximum atomic E-state index is 13.5. The zero-order valence-electron chi connectivity index (χ0n) is 17.8. The molecule has 1 fully saturated rings. The summed E-state index contributed by atoms with van der Waals surface area (Å²) in [5, 5.41) is 14.2. The number of piperidine rings is 1. The predicted molar refractivity (Wildman–Crippen MR) is 128 cm³/mol. The number of aromatic nitrogens is 2. The van der Waals surface area contributed by atoms with Crippen molar-refractivity contribution < 1.29 is 14.6 Å². The van der Waals surface area contributed by atoms with E-state index in [1.165, 1.54) is 11.2 Å². The van der Waals surface area contributed by atoms with Gasteiger partial charge >= 0.3 is 0 Å². The molecule has 3 aromatic rings. The summed E-state index contributed by atoms with van der Waals surface area (Å²) in [5.74, 6) is 0.879. The number of nitrogens with one attached hydrogen (secondary N) is 1. The number of aliphatic hydroxyl groups excluding tert-OH is 1. The smallest absolute Gasteiger partial charge is 0.264 e. The summed E-state index contributed by atoms with van der Waals surface area (Å²) in [6, 6.07) is 16.5. The van der Waals surface area contributed by atoms with Gasteiger partial charge in [-0.05, 0) is 61.7 Å². The van der Waals surface area contributed by atoms with Gasteiger partial charge in [-0.2, -0.15) is 0 Å². The van der Waals surface area contributed by atoms with Crippen LogP contribution in [-0.2, 0) is 0 Å². The summed E-state index contributed by atoms with van der Waals surface area (Å²) in [6.07, 6.45) is 2.33. The summed E-state index contributed by atoms with van der Waals surface area (Å²) in [5.41, 5.74) is 0.568. The minimum absolute atomic E-state index is 0.000542. The van der Waals surface area contributed by atoms with E-state index < -0.39 is 12.0 Å². The zero-order valence-corrected chi connectivity index (χ0v) is 19.3. The maximum Gasteiger partial charge on any atom is 0.264 e. The first-order valence-electron chi connectivity index (χ1n) is 10.7. The van der Waals surface area contributed by atoms with Crippen LogP contribution in [0.3, 0.4) is 0 Å². The first-order chi connectivity index (χ1) is 16.0. The van der Waals surface area contributed by atoms with Crippen LogP contribution < -0.4 is 15.0 Å². The maximum absolute atomic E-state index is 13.5. The third-order valence-electron chi connectivity index (χ3n) is 5.59. The molecule has 4 rings (SSSR count). The molecule has 0 radical (unpaired) electrons. The van der Waals surface area contributed by atoms with Gasteiger partial charge in [-0.25, -0.2) is 9.97 Å². The van der Waals surface area contributed by atoms with Crippen molar-refractivity contribution in [2.75, 3.05) is 24.5 Å². The fourth-order valence-electron chi connectivity index (χ4n) is 3.82. The van der Waals surface area contributed by atoms with Gasteiger partial charge in [0.2, 0.25) is 0 Å². The summed E-state index contributed by atoms with van der Waals surface area (Å²) < 4.78 is 5.85. The van der Waals surface area contributed by atoms with Gasteiger partial charge in [-0.15, -0.1) is 0 Å². The fourth-order valence-corrected chi connectivity index (χ4v) is 4.30. The van der Waals surface area contributed by atoms with E-state index in [1.54, 1.807) is 24.3 Å². The van der Waals surface area contributed by atoms with Gasteiger partial charge in [-0.1, -0.05) is 41.4 Å². The number of rotatable bonds is 7. The van der Waals surface area contributed by atoms with Crippen LogP contribution in [0.4, 0.5) is 5.69 Å². The molecule has 2 unspecified atom stereocenters. The first kappa shape index (κ1) is 23.4. The Kier molecular flexibility index (Phi) is 7.77. The lowest BCUT2D eigenvalue weighted by Crippen LogP contribution is -2.45. The quantitative estimate of drug-likeness (QED) is 0.475. The third kappa shape index (κ3) is 5.81. The highest BCUT2D eigenvalue weighted by Crippen LogP contribution is 2.29. The van der Waals surface area contributed by atoms with Gasteiger partial charge in [0.05, 0.1) is 12.6 Å². The number of anilines is 1. The Balaban J connectivity index is 1.61. The van der Waals surface area contributed by atoms with E-state index in [2.05, 4.69) is 15.3 Å². The minimum atomic E-state index is -0.732. The molecule has 1 aliphatic rings. The van der Waals surface area contributed by atoms with Crippen LogP contribution in [0.5, 0.6) is 11.5 Å². The highest BCUT2D eigenvalue weighted by Gasteiger charge is 2.30. The molecule has 172 valence electrons. The molecule has 0 aliphatic carbocycles. The molecule has 1 aliphatic heterocycles. The van der Waals surface area contributed by atoms with E-state index in [9.17, 15) is 9.90 Å². The number of halogens is 2. The van der Waals surface area contributed by atoms with Crippen molar-refractivity contribution in [1.82, 2.24) is 15.3 Å². The van der Waals surface area contributed by atoms with Crippen molar-refractivity contribution in [3.63, 3.8) is 0 Å². The lowest BCUT2D eigenvalue weighted by molar-refractivity contribution is 0.0845. The Morgan fingerprint density at radius 1 is 1.09 bits per heavy atom. The summed E-state index contributed by atoms with van der Waals surface area (Å²) in [4.78, 5) is 22.8. The number of para-hydroxylation sites is 1.